The lowest BCUT2D eigenvalue weighted by Crippen LogP contribution is -2.43. The van der Waals surface area contributed by atoms with E-state index >= 15 is 0 Å². The summed E-state index contributed by atoms with van der Waals surface area (Å²) in [5.74, 6) is -7.54. The number of pyridine rings is 1. The summed E-state index contributed by atoms with van der Waals surface area (Å²) in [6.07, 6.45) is -3.94. The summed E-state index contributed by atoms with van der Waals surface area (Å²) in [5.41, 5.74) is -5.40. The van der Waals surface area contributed by atoms with E-state index in [1.54, 1.807) is 0 Å². The quantitative estimate of drug-likeness (QED) is 0.411. The predicted molar refractivity (Wildman–Crippen MR) is 96.1 cm³/mol. The third-order valence-corrected chi connectivity index (χ3v) is 4.44. The van der Waals surface area contributed by atoms with Crippen molar-refractivity contribution >= 4 is 0 Å². The van der Waals surface area contributed by atoms with Gasteiger partial charge < -0.3 is 9.84 Å². The molecule has 0 saturated heterocycles. The monoisotopic (exact) mass is 456 g/mol. The van der Waals surface area contributed by atoms with Crippen LogP contribution in [0.3, 0.4) is 0 Å². The molecule has 166 valence electrons. The smallest absolute Gasteiger partial charge is 0.406 e. The largest absolute Gasteiger partial charge is 0.573 e. The van der Waals surface area contributed by atoms with Crippen LogP contribution in [0.15, 0.2) is 60.8 Å². The van der Waals surface area contributed by atoms with Crippen LogP contribution in [0.2, 0.25) is 0 Å². The molecule has 0 bridgehead atoms. The minimum Gasteiger partial charge on any atom is -0.406 e. The molecule has 0 aliphatic carbocycles. The molecule has 1 N–H and O–H groups in total. The van der Waals surface area contributed by atoms with Gasteiger partial charge in [-0.3, -0.25) is 4.98 Å². The van der Waals surface area contributed by atoms with Crippen LogP contribution in [-0.4, -0.2) is 16.5 Å². The number of ether oxygens (including phenoxy) is 1. The maximum absolute atomic E-state index is 15.0. The number of aliphatic hydroxyl groups is 1. The lowest BCUT2D eigenvalue weighted by atomic mass is 9.86. The molecular weight excluding hydrogens is 445 g/mol. The zero-order valence-electron chi connectivity index (χ0n) is 15.7. The van der Waals surface area contributed by atoms with Crippen molar-refractivity contribution in [3.05, 3.63) is 83.7 Å². The van der Waals surface area contributed by atoms with E-state index in [-0.39, 0.29) is 11.6 Å². The number of hydrogen-bond donors (Lipinski definition) is 1. The maximum atomic E-state index is 15.0. The number of alkyl halides is 5. The summed E-state index contributed by atoms with van der Waals surface area (Å²) in [6, 6.07) is 8.72. The van der Waals surface area contributed by atoms with E-state index in [0.29, 0.717) is 17.7 Å². The lowest BCUT2D eigenvalue weighted by Gasteiger charge is -2.30. The topological polar surface area (TPSA) is 66.1 Å². The zero-order valence-corrected chi connectivity index (χ0v) is 15.7. The Kier molecular flexibility index (Phi) is 5.84. The second-order valence-corrected chi connectivity index (χ2v) is 6.53. The first-order valence-electron chi connectivity index (χ1n) is 8.67. The third-order valence-electron chi connectivity index (χ3n) is 4.44. The maximum Gasteiger partial charge on any atom is 0.573 e. The standard InChI is InChI=1S/C21H11F7N2O2/c22-14-4-7-16(17(23)9-14)19(31,11-29)20(24,25)18-8-3-13(10-30-18)12-1-5-15(6-2-12)32-21(26,27)28/h1-10,31H/t19-/m0/s1. The van der Waals surface area contributed by atoms with Gasteiger partial charge in [0, 0.05) is 23.4 Å². The van der Waals surface area contributed by atoms with Crippen LogP contribution in [0.4, 0.5) is 30.7 Å². The van der Waals surface area contributed by atoms with E-state index in [1.807, 2.05) is 0 Å². The molecule has 1 atom stereocenters. The number of rotatable bonds is 5. The molecule has 3 rings (SSSR count). The number of nitrogens with zero attached hydrogens (tertiary/aromatic N) is 2. The molecule has 0 amide bonds. The van der Waals surface area contributed by atoms with E-state index in [1.165, 1.54) is 12.1 Å². The second kappa shape index (κ2) is 8.12. The van der Waals surface area contributed by atoms with Crippen molar-refractivity contribution in [1.82, 2.24) is 4.98 Å². The van der Waals surface area contributed by atoms with Crippen molar-refractivity contribution in [2.45, 2.75) is 17.9 Å². The van der Waals surface area contributed by atoms with Gasteiger partial charge in [-0.2, -0.15) is 14.0 Å². The second-order valence-electron chi connectivity index (χ2n) is 6.53. The summed E-state index contributed by atoms with van der Waals surface area (Å²) in [6.45, 7) is 0. The van der Waals surface area contributed by atoms with Gasteiger partial charge in [-0.1, -0.05) is 18.2 Å². The lowest BCUT2D eigenvalue weighted by molar-refractivity contribution is -0.274. The fourth-order valence-electron chi connectivity index (χ4n) is 2.87. The first-order valence-corrected chi connectivity index (χ1v) is 8.67. The van der Waals surface area contributed by atoms with Gasteiger partial charge in [0.15, 0.2) is 0 Å². The van der Waals surface area contributed by atoms with Gasteiger partial charge in [0.2, 0.25) is 5.60 Å². The minimum absolute atomic E-state index is 0.219. The SMILES string of the molecule is N#C[C@](O)(c1ccc(F)cc1F)C(F)(F)c1ccc(-c2ccc(OC(F)(F)F)cc2)cn1. The molecule has 0 saturated carbocycles. The Balaban J connectivity index is 1.92. The van der Waals surface area contributed by atoms with Crippen LogP contribution in [-0.2, 0) is 11.5 Å². The summed E-state index contributed by atoms with van der Waals surface area (Å²) in [5, 5.41) is 19.5. The zero-order chi connectivity index (χ0) is 23.7. The van der Waals surface area contributed by atoms with Gasteiger partial charge in [0.25, 0.3) is 0 Å². The Morgan fingerprint density at radius 2 is 1.50 bits per heavy atom. The van der Waals surface area contributed by atoms with Gasteiger partial charge >= 0.3 is 12.3 Å². The van der Waals surface area contributed by atoms with Crippen LogP contribution < -0.4 is 4.74 Å². The van der Waals surface area contributed by atoms with Crippen molar-refractivity contribution in [1.29, 1.82) is 5.26 Å². The van der Waals surface area contributed by atoms with Crippen LogP contribution >= 0.6 is 0 Å². The Hall–Kier alpha value is -3.65. The number of halogens is 7. The fraction of sp³-hybridized carbons (Fsp3) is 0.143. The van der Waals surface area contributed by atoms with Crippen molar-refractivity contribution in [3.8, 4) is 22.9 Å². The number of nitriles is 1. The predicted octanol–water partition coefficient (Wildman–Crippen LogP) is 5.43. The number of hydrogen-bond acceptors (Lipinski definition) is 4. The average molecular weight is 456 g/mol. The molecule has 0 radical (unpaired) electrons. The molecule has 2 aromatic carbocycles. The molecule has 0 spiro atoms. The molecule has 0 unspecified atom stereocenters. The summed E-state index contributed by atoms with van der Waals surface area (Å²) in [7, 11) is 0. The highest BCUT2D eigenvalue weighted by Crippen LogP contribution is 2.45. The van der Waals surface area contributed by atoms with Crippen LogP contribution in [0, 0.1) is 23.0 Å². The molecule has 1 aromatic heterocycles. The fourth-order valence-corrected chi connectivity index (χ4v) is 2.87. The third kappa shape index (κ3) is 4.36. The Morgan fingerprint density at radius 1 is 0.875 bits per heavy atom. The van der Waals surface area contributed by atoms with Crippen LogP contribution in [0.25, 0.3) is 11.1 Å². The summed E-state index contributed by atoms with van der Waals surface area (Å²) >= 11 is 0. The van der Waals surface area contributed by atoms with Gasteiger partial charge in [-0.15, -0.1) is 13.2 Å². The molecule has 3 aromatic rings. The first-order chi connectivity index (χ1) is 14.9. The molecule has 0 aliphatic rings. The first kappa shape index (κ1) is 23.0. The highest BCUT2D eigenvalue weighted by Gasteiger charge is 2.58. The van der Waals surface area contributed by atoms with Crippen molar-refractivity contribution < 1.29 is 40.6 Å². The van der Waals surface area contributed by atoms with Gasteiger partial charge in [-0.05, 0) is 35.9 Å². The van der Waals surface area contributed by atoms with Crippen molar-refractivity contribution in [3.63, 3.8) is 0 Å². The Bertz CT molecular complexity index is 1160. The van der Waals surface area contributed by atoms with E-state index in [0.717, 1.165) is 36.5 Å². The molecule has 4 nitrogen and oxygen atoms in total. The van der Waals surface area contributed by atoms with E-state index in [2.05, 4.69) is 9.72 Å². The van der Waals surface area contributed by atoms with Crippen LogP contribution in [0.5, 0.6) is 5.75 Å². The normalized spacial score (nSPS) is 13.8. The van der Waals surface area contributed by atoms with E-state index < -0.39 is 46.5 Å². The number of aromatic nitrogens is 1. The van der Waals surface area contributed by atoms with Gasteiger partial charge in [-0.25, -0.2) is 8.78 Å². The number of benzene rings is 2. The van der Waals surface area contributed by atoms with Crippen molar-refractivity contribution in [2.75, 3.05) is 0 Å². The molecule has 0 fully saturated rings. The minimum atomic E-state index is -4.88. The van der Waals surface area contributed by atoms with Gasteiger partial charge in [0.05, 0.1) is 0 Å². The van der Waals surface area contributed by atoms with Crippen molar-refractivity contribution in [2.24, 2.45) is 0 Å². The molecule has 11 heteroatoms. The summed E-state index contributed by atoms with van der Waals surface area (Å²) < 4.78 is 97.5. The molecular formula is C21H11F7N2O2. The highest BCUT2D eigenvalue weighted by atomic mass is 19.4. The molecule has 1 heterocycles. The molecule has 0 aliphatic heterocycles. The average Bonchev–Trinajstić information content (AvgIpc) is 2.72. The van der Waals surface area contributed by atoms with Crippen LogP contribution in [0.1, 0.15) is 11.3 Å². The van der Waals surface area contributed by atoms with E-state index in [4.69, 9.17) is 0 Å². The van der Waals surface area contributed by atoms with Gasteiger partial charge in [0.1, 0.15) is 29.1 Å². The molecule has 32 heavy (non-hydrogen) atoms. The Labute approximate surface area is 176 Å². The highest BCUT2D eigenvalue weighted by molar-refractivity contribution is 5.63. The summed E-state index contributed by atoms with van der Waals surface area (Å²) in [4.78, 5) is 3.53. The van der Waals surface area contributed by atoms with E-state index in [9.17, 15) is 41.1 Å². The Morgan fingerprint density at radius 3 is 2.00 bits per heavy atom.